The lowest BCUT2D eigenvalue weighted by molar-refractivity contribution is -0.120. The molecule has 4 rings (SSSR count). The van der Waals surface area contributed by atoms with Gasteiger partial charge in [-0.15, -0.1) is 0 Å². The van der Waals surface area contributed by atoms with Crippen LogP contribution in [0.15, 0.2) is 77.5 Å². The quantitative estimate of drug-likeness (QED) is 0.301. The van der Waals surface area contributed by atoms with Gasteiger partial charge < -0.3 is 15.2 Å². The summed E-state index contributed by atoms with van der Waals surface area (Å²) in [6.07, 6.45) is 0. The number of benzene rings is 3. The third-order valence-corrected chi connectivity index (χ3v) is 5.48. The number of aromatic hydroxyl groups is 1. The van der Waals surface area contributed by atoms with Crippen molar-refractivity contribution in [2.75, 3.05) is 10.2 Å². The van der Waals surface area contributed by atoms with Crippen LogP contribution in [0.25, 0.3) is 0 Å². The first kappa shape index (κ1) is 22.4. The number of carbonyl (C=O) groups is 3. The van der Waals surface area contributed by atoms with Gasteiger partial charge in [0.2, 0.25) is 0 Å². The second-order valence-electron chi connectivity index (χ2n) is 7.18. The molecule has 0 fully saturated rings. The van der Waals surface area contributed by atoms with Gasteiger partial charge in [0.15, 0.2) is 0 Å². The molecule has 1 aliphatic rings. The Balaban J connectivity index is 1.48. The van der Waals surface area contributed by atoms with E-state index in [2.05, 4.69) is 5.32 Å². The van der Waals surface area contributed by atoms with Crippen LogP contribution in [0.4, 0.5) is 11.4 Å². The van der Waals surface area contributed by atoms with Crippen LogP contribution in [0, 0.1) is 6.92 Å². The molecule has 166 valence electrons. The Labute approximate surface area is 198 Å². The number of esters is 1. The van der Waals surface area contributed by atoms with Crippen molar-refractivity contribution in [1.29, 1.82) is 0 Å². The molecule has 0 aliphatic carbocycles. The molecule has 0 aromatic heterocycles. The Morgan fingerprint density at radius 2 is 1.70 bits per heavy atom. The number of imide groups is 1. The standard InChI is InChI=1S/C24H16Cl2N2O5/c1-13-3-2-4-16(11-13)28-22(30)20(26)21(23(28)31)27-15-7-5-14(6-8-15)24(32)33-17-9-10-18(25)19(29)12-17/h2-12,27,29H,1H3. The van der Waals surface area contributed by atoms with Crippen LogP contribution in [0.2, 0.25) is 5.02 Å². The van der Waals surface area contributed by atoms with Crippen LogP contribution < -0.4 is 15.0 Å². The molecule has 33 heavy (non-hydrogen) atoms. The van der Waals surface area contributed by atoms with Gasteiger partial charge in [-0.3, -0.25) is 9.59 Å². The maximum atomic E-state index is 12.9. The SMILES string of the molecule is Cc1cccc(N2C(=O)C(Cl)=C(Nc3ccc(C(=O)Oc4ccc(Cl)c(O)c4)cc3)C2=O)c1. The largest absolute Gasteiger partial charge is 0.506 e. The van der Waals surface area contributed by atoms with Crippen molar-refractivity contribution >= 4 is 52.4 Å². The number of phenolic OH excluding ortho intramolecular Hbond substituents is 1. The van der Waals surface area contributed by atoms with Crippen molar-refractivity contribution in [1.82, 2.24) is 0 Å². The molecule has 0 radical (unpaired) electrons. The van der Waals surface area contributed by atoms with Crippen LogP contribution in [-0.4, -0.2) is 22.9 Å². The monoisotopic (exact) mass is 482 g/mol. The van der Waals surface area contributed by atoms with Gasteiger partial charge in [0.1, 0.15) is 22.2 Å². The molecule has 0 saturated heterocycles. The number of hydrogen-bond acceptors (Lipinski definition) is 6. The molecule has 3 aromatic rings. The van der Waals surface area contributed by atoms with Crippen molar-refractivity contribution in [2.24, 2.45) is 0 Å². The molecule has 2 amide bonds. The van der Waals surface area contributed by atoms with Crippen molar-refractivity contribution in [2.45, 2.75) is 6.92 Å². The normalized spacial score (nSPS) is 13.5. The number of phenols is 1. The molecule has 0 unspecified atom stereocenters. The highest BCUT2D eigenvalue weighted by atomic mass is 35.5. The minimum atomic E-state index is -0.654. The topological polar surface area (TPSA) is 95.9 Å². The summed E-state index contributed by atoms with van der Waals surface area (Å²) in [6, 6.07) is 17.1. The molecule has 0 spiro atoms. The molecule has 2 N–H and O–H groups in total. The smallest absolute Gasteiger partial charge is 0.343 e. The minimum Gasteiger partial charge on any atom is -0.506 e. The van der Waals surface area contributed by atoms with Crippen LogP contribution in [-0.2, 0) is 9.59 Å². The molecule has 3 aromatic carbocycles. The van der Waals surface area contributed by atoms with Gasteiger partial charge in [0, 0.05) is 11.8 Å². The van der Waals surface area contributed by atoms with E-state index in [1.165, 1.54) is 30.3 Å². The number of aryl methyl sites for hydroxylation is 1. The first-order chi connectivity index (χ1) is 15.7. The Morgan fingerprint density at radius 1 is 0.970 bits per heavy atom. The zero-order valence-corrected chi connectivity index (χ0v) is 18.6. The first-order valence-corrected chi connectivity index (χ1v) is 10.4. The fourth-order valence-electron chi connectivity index (χ4n) is 3.17. The maximum absolute atomic E-state index is 12.9. The zero-order valence-electron chi connectivity index (χ0n) is 17.1. The molecular formula is C24H16Cl2N2O5. The highest BCUT2D eigenvalue weighted by Crippen LogP contribution is 2.31. The van der Waals surface area contributed by atoms with E-state index in [1.807, 2.05) is 13.0 Å². The fraction of sp³-hybridized carbons (Fsp3) is 0.0417. The third kappa shape index (κ3) is 4.55. The van der Waals surface area contributed by atoms with E-state index in [4.69, 9.17) is 27.9 Å². The second kappa shape index (κ2) is 8.97. The molecule has 0 saturated carbocycles. The fourth-order valence-corrected chi connectivity index (χ4v) is 3.50. The lowest BCUT2D eigenvalue weighted by atomic mass is 10.2. The van der Waals surface area contributed by atoms with Gasteiger partial charge in [-0.1, -0.05) is 35.3 Å². The summed E-state index contributed by atoms with van der Waals surface area (Å²) >= 11 is 11.9. The van der Waals surface area contributed by atoms with Gasteiger partial charge in [-0.05, 0) is 61.0 Å². The van der Waals surface area contributed by atoms with E-state index in [0.29, 0.717) is 11.4 Å². The molecule has 1 heterocycles. The Bertz CT molecular complexity index is 1320. The van der Waals surface area contributed by atoms with Gasteiger partial charge >= 0.3 is 5.97 Å². The predicted molar refractivity (Wildman–Crippen MR) is 125 cm³/mol. The van der Waals surface area contributed by atoms with Gasteiger partial charge in [-0.25, -0.2) is 9.69 Å². The lowest BCUT2D eigenvalue weighted by Gasteiger charge is -2.15. The summed E-state index contributed by atoms with van der Waals surface area (Å²) in [7, 11) is 0. The number of anilines is 2. The molecule has 7 nitrogen and oxygen atoms in total. The maximum Gasteiger partial charge on any atom is 0.343 e. The highest BCUT2D eigenvalue weighted by Gasteiger charge is 2.39. The second-order valence-corrected chi connectivity index (χ2v) is 7.96. The Kier molecular flexibility index (Phi) is 6.09. The summed E-state index contributed by atoms with van der Waals surface area (Å²) in [6.45, 7) is 1.85. The van der Waals surface area contributed by atoms with Gasteiger partial charge in [-0.2, -0.15) is 0 Å². The van der Waals surface area contributed by atoms with E-state index in [1.54, 1.807) is 30.3 Å². The van der Waals surface area contributed by atoms with Crippen LogP contribution >= 0.6 is 23.2 Å². The third-order valence-electron chi connectivity index (χ3n) is 4.81. The summed E-state index contributed by atoms with van der Waals surface area (Å²) in [5, 5.41) is 12.4. The molecule has 1 aliphatic heterocycles. The summed E-state index contributed by atoms with van der Waals surface area (Å²) in [5.41, 5.74) is 1.92. The van der Waals surface area contributed by atoms with Crippen molar-refractivity contribution in [3.63, 3.8) is 0 Å². The number of rotatable bonds is 5. The molecular weight excluding hydrogens is 467 g/mol. The van der Waals surface area contributed by atoms with Crippen molar-refractivity contribution in [3.05, 3.63) is 93.6 Å². The predicted octanol–water partition coefficient (Wildman–Crippen LogP) is 5.01. The van der Waals surface area contributed by atoms with E-state index in [9.17, 15) is 19.5 Å². The summed E-state index contributed by atoms with van der Waals surface area (Å²) in [5.74, 6) is -1.93. The van der Waals surface area contributed by atoms with E-state index in [-0.39, 0.29) is 32.8 Å². The highest BCUT2D eigenvalue weighted by molar-refractivity contribution is 6.53. The van der Waals surface area contributed by atoms with E-state index < -0.39 is 17.8 Å². The molecule has 9 heteroatoms. The van der Waals surface area contributed by atoms with Crippen molar-refractivity contribution in [3.8, 4) is 11.5 Å². The number of amides is 2. The molecule has 0 atom stereocenters. The van der Waals surface area contributed by atoms with Crippen molar-refractivity contribution < 1.29 is 24.2 Å². The summed E-state index contributed by atoms with van der Waals surface area (Å²) in [4.78, 5) is 38.8. The van der Waals surface area contributed by atoms with Gasteiger partial charge in [0.25, 0.3) is 11.8 Å². The Morgan fingerprint density at radius 3 is 2.36 bits per heavy atom. The average molecular weight is 483 g/mol. The summed E-state index contributed by atoms with van der Waals surface area (Å²) < 4.78 is 5.22. The first-order valence-electron chi connectivity index (χ1n) is 9.67. The number of ether oxygens (including phenoxy) is 1. The van der Waals surface area contributed by atoms with Gasteiger partial charge in [0.05, 0.1) is 16.3 Å². The number of hydrogen-bond donors (Lipinski definition) is 2. The van der Waals surface area contributed by atoms with E-state index >= 15 is 0 Å². The number of nitrogens with zero attached hydrogens (tertiary/aromatic N) is 1. The number of carbonyl (C=O) groups excluding carboxylic acids is 3. The average Bonchev–Trinajstić information content (AvgIpc) is 3.00. The van der Waals surface area contributed by atoms with Crippen LogP contribution in [0.1, 0.15) is 15.9 Å². The number of nitrogens with one attached hydrogen (secondary N) is 1. The van der Waals surface area contributed by atoms with Crippen LogP contribution in [0.5, 0.6) is 11.5 Å². The Hall–Kier alpha value is -3.81. The molecule has 0 bridgehead atoms. The number of halogens is 2. The van der Waals surface area contributed by atoms with E-state index in [0.717, 1.165) is 10.5 Å². The minimum absolute atomic E-state index is 0.0601. The lowest BCUT2D eigenvalue weighted by Crippen LogP contribution is -2.32. The zero-order chi connectivity index (χ0) is 23.7. The van der Waals surface area contributed by atoms with Crippen LogP contribution in [0.3, 0.4) is 0 Å².